The molecule has 2 rings (SSSR count). The molecule has 0 amide bonds. The van der Waals surface area contributed by atoms with Crippen LogP contribution in [0.4, 0.5) is 0 Å². The molecule has 3 nitrogen and oxygen atoms in total. The molecule has 0 aromatic heterocycles. The predicted molar refractivity (Wildman–Crippen MR) is 66.5 cm³/mol. The van der Waals surface area contributed by atoms with E-state index in [-0.39, 0.29) is 0 Å². The number of ether oxygens (including phenoxy) is 1. The summed E-state index contributed by atoms with van der Waals surface area (Å²) in [5, 5.41) is 0. The van der Waals surface area contributed by atoms with Crippen LogP contribution in [0.1, 0.15) is 44.9 Å². The van der Waals surface area contributed by atoms with Crippen molar-refractivity contribution in [2.45, 2.75) is 63.1 Å². The second kappa shape index (κ2) is 5.99. The molecule has 0 bridgehead atoms. The third-order valence-electron chi connectivity index (χ3n) is 4.18. The first-order chi connectivity index (χ1) is 7.77. The summed E-state index contributed by atoms with van der Waals surface area (Å²) in [7, 11) is 2.23. The highest BCUT2D eigenvalue weighted by atomic mass is 16.5. The van der Waals surface area contributed by atoms with Crippen LogP contribution in [-0.4, -0.2) is 43.3 Å². The zero-order valence-corrected chi connectivity index (χ0v) is 10.5. The van der Waals surface area contributed by atoms with Crippen molar-refractivity contribution in [2.24, 2.45) is 5.73 Å². The average Bonchev–Trinajstić information content (AvgIpc) is 2.79. The molecule has 94 valence electrons. The highest BCUT2D eigenvalue weighted by Crippen LogP contribution is 2.22. The third-order valence-corrected chi connectivity index (χ3v) is 4.18. The van der Waals surface area contributed by atoms with Gasteiger partial charge in [0.05, 0.1) is 6.10 Å². The molecule has 1 aliphatic carbocycles. The van der Waals surface area contributed by atoms with Gasteiger partial charge in [-0.05, 0) is 39.2 Å². The molecule has 1 aliphatic heterocycles. The van der Waals surface area contributed by atoms with E-state index in [4.69, 9.17) is 10.5 Å². The first-order valence-corrected chi connectivity index (χ1v) is 6.85. The van der Waals surface area contributed by atoms with E-state index in [2.05, 4.69) is 11.9 Å². The normalized spacial score (nSPS) is 35.8. The maximum atomic E-state index is 6.19. The molecule has 2 aliphatic rings. The van der Waals surface area contributed by atoms with Crippen LogP contribution in [0.25, 0.3) is 0 Å². The molecule has 16 heavy (non-hydrogen) atoms. The summed E-state index contributed by atoms with van der Waals surface area (Å²) in [5.74, 6) is 0. The molecule has 0 aromatic carbocycles. The summed E-state index contributed by atoms with van der Waals surface area (Å²) in [6.07, 6.45) is 9.35. The van der Waals surface area contributed by atoms with Gasteiger partial charge in [-0.1, -0.05) is 12.8 Å². The number of likely N-dealkylation sites (N-methyl/N-ethyl adjacent to an activating group) is 1. The van der Waals surface area contributed by atoms with Gasteiger partial charge >= 0.3 is 0 Å². The van der Waals surface area contributed by atoms with Crippen molar-refractivity contribution in [3.05, 3.63) is 0 Å². The lowest BCUT2D eigenvalue weighted by molar-refractivity contribution is 0.0829. The average molecular weight is 226 g/mol. The molecule has 2 fully saturated rings. The van der Waals surface area contributed by atoms with Crippen molar-refractivity contribution in [1.29, 1.82) is 0 Å². The molecule has 1 saturated heterocycles. The molecular formula is C13H26N2O. The highest BCUT2D eigenvalue weighted by molar-refractivity contribution is 4.85. The van der Waals surface area contributed by atoms with Crippen LogP contribution in [0.3, 0.4) is 0 Å². The molecular weight excluding hydrogens is 200 g/mol. The smallest absolute Gasteiger partial charge is 0.0588 e. The maximum Gasteiger partial charge on any atom is 0.0588 e. The second-order valence-corrected chi connectivity index (χ2v) is 5.42. The van der Waals surface area contributed by atoms with Crippen molar-refractivity contribution in [1.82, 2.24) is 4.90 Å². The van der Waals surface area contributed by atoms with Gasteiger partial charge in [-0.2, -0.15) is 0 Å². The number of nitrogens with zero attached hydrogens (tertiary/aromatic N) is 1. The largest absolute Gasteiger partial charge is 0.378 e. The second-order valence-electron chi connectivity index (χ2n) is 5.42. The standard InChI is InChI=1S/C13H26N2O/c1-15(9-8-11-5-4-10-16-11)13-7-3-2-6-12(13)14/h11-13H,2-10,14H2,1H3. The van der Waals surface area contributed by atoms with Gasteiger partial charge in [0.1, 0.15) is 0 Å². The minimum atomic E-state index is 0.392. The van der Waals surface area contributed by atoms with Gasteiger partial charge < -0.3 is 15.4 Å². The third kappa shape index (κ3) is 3.19. The number of hydrogen-bond acceptors (Lipinski definition) is 3. The van der Waals surface area contributed by atoms with Crippen molar-refractivity contribution in [3.8, 4) is 0 Å². The predicted octanol–water partition coefficient (Wildman–Crippen LogP) is 1.76. The quantitative estimate of drug-likeness (QED) is 0.794. The minimum absolute atomic E-state index is 0.392. The molecule has 3 unspecified atom stereocenters. The van der Waals surface area contributed by atoms with E-state index < -0.39 is 0 Å². The topological polar surface area (TPSA) is 38.5 Å². The number of nitrogens with two attached hydrogens (primary N) is 1. The van der Waals surface area contributed by atoms with Crippen LogP contribution >= 0.6 is 0 Å². The van der Waals surface area contributed by atoms with E-state index in [0.717, 1.165) is 13.2 Å². The van der Waals surface area contributed by atoms with Crippen LogP contribution in [0.5, 0.6) is 0 Å². The molecule has 1 heterocycles. The lowest BCUT2D eigenvalue weighted by Crippen LogP contribution is -2.48. The SMILES string of the molecule is CN(CCC1CCCO1)C1CCCCC1N. The summed E-state index contributed by atoms with van der Waals surface area (Å²) in [5.41, 5.74) is 6.19. The minimum Gasteiger partial charge on any atom is -0.378 e. The lowest BCUT2D eigenvalue weighted by Gasteiger charge is -2.36. The van der Waals surface area contributed by atoms with E-state index in [0.29, 0.717) is 18.2 Å². The molecule has 3 heteroatoms. The first kappa shape index (κ1) is 12.3. The number of hydrogen-bond donors (Lipinski definition) is 1. The Labute approximate surface area is 99.3 Å². The fourth-order valence-electron chi connectivity index (χ4n) is 3.07. The fourth-order valence-corrected chi connectivity index (χ4v) is 3.07. The highest BCUT2D eigenvalue weighted by Gasteiger charge is 2.26. The Balaban J connectivity index is 1.71. The van der Waals surface area contributed by atoms with Gasteiger partial charge in [-0.15, -0.1) is 0 Å². The van der Waals surface area contributed by atoms with Crippen molar-refractivity contribution in [3.63, 3.8) is 0 Å². The van der Waals surface area contributed by atoms with Crippen molar-refractivity contribution >= 4 is 0 Å². The summed E-state index contributed by atoms with van der Waals surface area (Å²) < 4.78 is 5.66. The summed E-state index contributed by atoms with van der Waals surface area (Å²) in [4.78, 5) is 2.46. The van der Waals surface area contributed by atoms with Crippen LogP contribution in [-0.2, 0) is 4.74 Å². The molecule has 2 N–H and O–H groups in total. The molecule has 0 spiro atoms. The maximum absolute atomic E-state index is 6.19. The Hall–Kier alpha value is -0.120. The van der Waals surface area contributed by atoms with Gasteiger partial charge in [0.15, 0.2) is 0 Å². The van der Waals surface area contributed by atoms with Crippen LogP contribution in [0.15, 0.2) is 0 Å². The van der Waals surface area contributed by atoms with E-state index in [9.17, 15) is 0 Å². The van der Waals surface area contributed by atoms with Crippen LogP contribution < -0.4 is 5.73 Å². The van der Waals surface area contributed by atoms with Crippen molar-refractivity contribution in [2.75, 3.05) is 20.2 Å². The monoisotopic (exact) mass is 226 g/mol. The van der Waals surface area contributed by atoms with Gasteiger partial charge in [0, 0.05) is 25.2 Å². The summed E-state index contributed by atoms with van der Waals surface area (Å²) in [6, 6.07) is 0.999. The van der Waals surface area contributed by atoms with E-state index >= 15 is 0 Å². The van der Waals surface area contributed by atoms with Gasteiger partial charge in [-0.25, -0.2) is 0 Å². The molecule has 1 saturated carbocycles. The van der Waals surface area contributed by atoms with Gasteiger partial charge in [0.25, 0.3) is 0 Å². The Morgan fingerprint density at radius 2 is 2.00 bits per heavy atom. The number of rotatable bonds is 4. The van der Waals surface area contributed by atoms with E-state index in [1.807, 2.05) is 0 Å². The fraction of sp³-hybridized carbons (Fsp3) is 1.00. The summed E-state index contributed by atoms with van der Waals surface area (Å²) >= 11 is 0. The zero-order chi connectivity index (χ0) is 11.4. The Bertz CT molecular complexity index is 204. The van der Waals surface area contributed by atoms with E-state index in [1.165, 1.54) is 44.9 Å². The van der Waals surface area contributed by atoms with Gasteiger partial charge in [0.2, 0.25) is 0 Å². The molecule has 0 aromatic rings. The first-order valence-electron chi connectivity index (χ1n) is 6.85. The molecule has 3 atom stereocenters. The Morgan fingerprint density at radius 3 is 2.69 bits per heavy atom. The molecule has 0 radical (unpaired) electrons. The lowest BCUT2D eigenvalue weighted by atomic mass is 9.90. The van der Waals surface area contributed by atoms with Crippen molar-refractivity contribution < 1.29 is 4.74 Å². The van der Waals surface area contributed by atoms with Crippen LogP contribution in [0.2, 0.25) is 0 Å². The van der Waals surface area contributed by atoms with Gasteiger partial charge in [-0.3, -0.25) is 0 Å². The van der Waals surface area contributed by atoms with Crippen LogP contribution in [0, 0.1) is 0 Å². The summed E-state index contributed by atoms with van der Waals surface area (Å²) in [6.45, 7) is 2.11. The Morgan fingerprint density at radius 1 is 1.19 bits per heavy atom. The zero-order valence-electron chi connectivity index (χ0n) is 10.5. The Kier molecular flexibility index (Phi) is 4.62. The van der Waals surface area contributed by atoms with E-state index in [1.54, 1.807) is 0 Å².